The monoisotopic (exact) mass is 422 g/mol. The first-order valence-corrected chi connectivity index (χ1v) is 8.26. The summed E-state index contributed by atoms with van der Waals surface area (Å²) in [6.45, 7) is 2.61. The maximum atomic E-state index is 14.3. The molecule has 0 aromatic heterocycles. The number of aryl methyl sites for hydroxylation is 2. The minimum absolute atomic E-state index is 0.00616. The number of hydrogen-bond donors (Lipinski definition) is 2. The normalized spacial score (nSPS) is 12.8. The van der Waals surface area contributed by atoms with Crippen molar-refractivity contribution in [2.75, 3.05) is 5.32 Å². The first kappa shape index (κ1) is 22.7. The summed E-state index contributed by atoms with van der Waals surface area (Å²) in [4.78, 5) is 12.3. The highest BCUT2D eigenvalue weighted by molar-refractivity contribution is 6.05. The van der Waals surface area contributed by atoms with Gasteiger partial charge in [0.25, 0.3) is 5.91 Å². The van der Waals surface area contributed by atoms with Gasteiger partial charge in [0.2, 0.25) is 0 Å². The standard InChI is InChI=1S/C19H17F7N2O/c1-10-7-14(17(20,18(21,22)23)19(24,25)26)8-11(2)15(10)28-16(29)13-5-3-12(9-27)4-6-13/h3-8H,9,27H2,1-2H3,(H,28,29). The molecule has 3 N–H and O–H groups in total. The van der Waals surface area contributed by atoms with Gasteiger partial charge in [-0.1, -0.05) is 24.3 Å². The van der Waals surface area contributed by atoms with Crippen molar-refractivity contribution in [3.8, 4) is 0 Å². The Balaban J connectivity index is 2.44. The molecule has 158 valence electrons. The zero-order chi connectivity index (χ0) is 22.2. The lowest BCUT2D eigenvalue weighted by molar-refractivity contribution is -0.348. The van der Waals surface area contributed by atoms with Gasteiger partial charge in [0.05, 0.1) is 0 Å². The van der Waals surface area contributed by atoms with Crippen molar-refractivity contribution in [3.05, 3.63) is 64.2 Å². The number of nitrogens with two attached hydrogens (primary N) is 1. The highest BCUT2D eigenvalue weighted by Crippen LogP contribution is 2.53. The smallest absolute Gasteiger partial charge is 0.326 e. The molecule has 0 saturated heterocycles. The van der Waals surface area contributed by atoms with Crippen molar-refractivity contribution in [1.29, 1.82) is 0 Å². The number of rotatable bonds is 4. The van der Waals surface area contributed by atoms with Crippen LogP contribution >= 0.6 is 0 Å². The Kier molecular flexibility index (Phi) is 5.99. The number of nitrogens with one attached hydrogen (secondary N) is 1. The number of anilines is 1. The number of carbonyl (C=O) groups excluding carboxylic acids is 1. The van der Waals surface area contributed by atoms with Crippen LogP contribution in [0.25, 0.3) is 0 Å². The van der Waals surface area contributed by atoms with Gasteiger partial charge in [-0.2, -0.15) is 26.3 Å². The van der Waals surface area contributed by atoms with Crippen LogP contribution in [-0.2, 0) is 12.2 Å². The van der Waals surface area contributed by atoms with Crippen molar-refractivity contribution in [2.24, 2.45) is 5.73 Å². The molecule has 1 amide bonds. The third kappa shape index (κ3) is 4.21. The van der Waals surface area contributed by atoms with E-state index in [1.165, 1.54) is 26.0 Å². The van der Waals surface area contributed by atoms with Gasteiger partial charge in [0.15, 0.2) is 0 Å². The first-order valence-electron chi connectivity index (χ1n) is 8.26. The summed E-state index contributed by atoms with van der Waals surface area (Å²) in [5.74, 6) is -0.634. The Morgan fingerprint density at radius 3 is 1.72 bits per heavy atom. The summed E-state index contributed by atoms with van der Waals surface area (Å²) in [6, 6.07) is 7.00. The molecule has 10 heteroatoms. The van der Waals surface area contributed by atoms with Gasteiger partial charge in [0.1, 0.15) is 0 Å². The van der Waals surface area contributed by atoms with E-state index in [0.29, 0.717) is 12.1 Å². The van der Waals surface area contributed by atoms with Crippen molar-refractivity contribution in [2.45, 2.75) is 38.4 Å². The Labute approximate surface area is 161 Å². The van der Waals surface area contributed by atoms with E-state index in [1.54, 1.807) is 12.1 Å². The lowest BCUT2D eigenvalue weighted by Crippen LogP contribution is -2.50. The molecule has 29 heavy (non-hydrogen) atoms. The second-order valence-electron chi connectivity index (χ2n) is 6.49. The minimum atomic E-state index is -6.21. The van der Waals surface area contributed by atoms with E-state index in [-0.39, 0.29) is 28.9 Å². The molecule has 0 aliphatic heterocycles. The number of carbonyl (C=O) groups is 1. The van der Waals surface area contributed by atoms with E-state index in [9.17, 15) is 35.5 Å². The molecule has 2 rings (SSSR count). The molecule has 2 aromatic rings. The number of benzene rings is 2. The van der Waals surface area contributed by atoms with Crippen molar-refractivity contribution in [1.82, 2.24) is 0 Å². The summed E-state index contributed by atoms with van der Waals surface area (Å²) in [5.41, 5.74) is -1.01. The lowest BCUT2D eigenvalue weighted by Gasteiger charge is -2.31. The van der Waals surface area contributed by atoms with Crippen LogP contribution in [0.5, 0.6) is 0 Å². The zero-order valence-electron chi connectivity index (χ0n) is 15.3. The van der Waals surface area contributed by atoms with Gasteiger partial charge in [-0.05, 0) is 42.7 Å². The van der Waals surface area contributed by atoms with Gasteiger partial charge in [-0.15, -0.1) is 0 Å². The summed E-state index contributed by atoms with van der Waals surface area (Å²) in [6.07, 6.45) is -12.4. The molecular formula is C19H17F7N2O. The first-order chi connectivity index (χ1) is 13.2. The number of halogens is 7. The summed E-state index contributed by atoms with van der Waals surface area (Å²) >= 11 is 0. The van der Waals surface area contributed by atoms with E-state index in [1.807, 2.05) is 0 Å². The summed E-state index contributed by atoms with van der Waals surface area (Å²) < 4.78 is 92.1. The Hall–Kier alpha value is -2.62. The highest BCUT2D eigenvalue weighted by atomic mass is 19.4. The lowest BCUT2D eigenvalue weighted by atomic mass is 9.90. The fourth-order valence-corrected chi connectivity index (χ4v) is 2.83. The molecule has 3 nitrogen and oxygen atoms in total. The average Bonchev–Trinajstić information content (AvgIpc) is 2.61. The van der Waals surface area contributed by atoms with Crippen LogP contribution in [-0.4, -0.2) is 18.3 Å². The number of alkyl halides is 7. The Morgan fingerprint density at radius 1 is 0.897 bits per heavy atom. The SMILES string of the molecule is Cc1cc(C(F)(C(F)(F)F)C(F)(F)F)cc(C)c1NC(=O)c1ccc(CN)cc1. The quantitative estimate of drug-likeness (QED) is 0.657. The molecule has 2 aromatic carbocycles. The fourth-order valence-electron chi connectivity index (χ4n) is 2.83. The molecule has 0 bridgehead atoms. The Bertz CT molecular complexity index is 865. The van der Waals surface area contributed by atoms with Gasteiger partial charge >= 0.3 is 18.0 Å². The molecule has 0 radical (unpaired) electrons. The zero-order valence-corrected chi connectivity index (χ0v) is 15.3. The maximum Gasteiger partial charge on any atom is 0.435 e. The topological polar surface area (TPSA) is 55.1 Å². The van der Waals surface area contributed by atoms with E-state index < -0.39 is 29.5 Å². The largest absolute Gasteiger partial charge is 0.435 e. The van der Waals surface area contributed by atoms with Crippen LogP contribution in [0.1, 0.15) is 32.6 Å². The molecule has 0 fully saturated rings. The van der Waals surface area contributed by atoms with Crippen LogP contribution in [0.3, 0.4) is 0 Å². The predicted octanol–water partition coefficient (Wildman–Crippen LogP) is 5.30. The van der Waals surface area contributed by atoms with Crippen LogP contribution in [0.2, 0.25) is 0 Å². The van der Waals surface area contributed by atoms with Gasteiger partial charge < -0.3 is 11.1 Å². The second kappa shape index (κ2) is 7.66. The predicted molar refractivity (Wildman–Crippen MR) is 93.1 cm³/mol. The number of amides is 1. The third-order valence-electron chi connectivity index (χ3n) is 4.40. The van der Waals surface area contributed by atoms with Crippen molar-refractivity contribution >= 4 is 11.6 Å². The van der Waals surface area contributed by atoms with E-state index in [2.05, 4.69) is 5.32 Å². The molecule has 0 unspecified atom stereocenters. The third-order valence-corrected chi connectivity index (χ3v) is 4.40. The minimum Gasteiger partial charge on any atom is -0.326 e. The van der Waals surface area contributed by atoms with E-state index in [4.69, 9.17) is 5.73 Å². The van der Waals surface area contributed by atoms with Crippen LogP contribution in [0, 0.1) is 13.8 Å². The van der Waals surface area contributed by atoms with Crippen molar-refractivity contribution in [3.63, 3.8) is 0 Å². The Morgan fingerprint density at radius 2 is 1.34 bits per heavy atom. The van der Waals surface area contributed by atoms with Crippen LogP contribution in [0.4, 0.5) is 36.4 Å². The molecule has 0 aliphatic carbocycles. The fraction of sp³-hybridized carbons (Fsp3) is 0.316. The van der Waals surface area contributed by atoms with Gasteiger partial charge in [-0.25, -0.2) is 4.39 Å². The highest BCUT2D eigenvalue weighted by Gasteiger charge is 2.73. The number of hydrogen-bond acceptors (Lipinski definition) is 2. The maximum absolute atomic E-state index is 14.3. The van der Waals surface area contributed by atoms with Crippen molar-refractivity contribution < 1.29 is 35.5 Å². The summed E-state index contributed by atoms with van der Waals surface area (Å²) in [7, 11) is 0. The van der Waals surface area contributed by atoms with Gasteiger partial charge in [-0.3, -0.25) is 4.79 Å². The molecule has 0 aliphatic rings. The molecular weight excluding hydrogens is 405 g/mol. The second-order valence-corrected chi connectivity index (χ2v) is 6.49. The van der Waals surface area contributed by atoms with E-state index >= 15 is 0 Å². The molecule has 0 atom stereocenters. The van der Waals surface area contributed by atoms with Crippen LogP contribution < -0.4 is 11.1 Å². The molecule has 0 spiro atoms. The van der Waals surface area contributed by atoms with E-state index in [0.717, 1.165) is 5.56 Å². The van der Waals surface area contributed by atoms with Gasteiger partial charge in [0, 0.05) is 23.4 Å². The molecule has 0 saturated carbocycles. The molecule has 0 heterocycles. The summed E-state index contributed by atoms with van der Waals surface area (Å²) in [5, 5.41) is 2.43. The van der Waals surface area contributed by atoms with Crippen LogP contribution in [0.15, 0.2) is 36.4 Å². The average molecular weight is 422 g/mol.